The fourth-order valence-electron chi connectivity index (χ4n) is 7.89. The van der Waals surface area contributed by atoms with E-state index in [0.29, 0.717) is 39.9 Å². The second-order valence-electron chi connectivity index (χ2n) is 18.4. The molecule has 9 aromatic carbocycles. The van der Waals surface area contributed by atoms with Crippen molar-refractivity contribution in [3.63, 3.8) is 0 Å². The predicted molar refractivity (Wildman–Crippen MR) is 310 cm³/mol. The van der Waals surface area contributed by atoms with E-state index in [9.17, 15) is 19.2 Å². The summed E-state index contributed by atoms with van der Waals surface area (Å²) >= 11 is 0. The van der Waals surface area contributed by atoms with Gasteiger partial charge in [0.1, 0.15) is 40.3 Å². The number of carbonyl (C=O) groups is 4. The molecule has 10 nitrogen and oxygen atoms in total. The molecule has 0 aliphatic rings. The minimum absolute atomic E-state index is 0.167. The minimum Gasteiger partial charge on any atom is -0.497 e. The van der Waals surface area contributed by atoms with Crippen molar-refractivity contribution in [2.45, 2.75) is 48.5 Å². The van der Waals surface area contributed by atoms with Crippen LogP contribution >= 0.6 is 0 Å². The van der Waals surface area contributed by atoms with Gasteiger partial charge in [-0.15, -0.1) is 0 Å². The number of nitrogens with zero attached hydrogens (tertiary/aromatic N) is 1. The van der Waals surface area contributed by atoms with Crippen LogP contribution in [-0.4, -0.2) is 30.8 Å². The zero-order valence-corrected chi connectivity index (χ0v) is 45.0. The smallest absolute Gasteiger partial charge is 0.343 e. The van der Waals surface area contributed by atoms with Gasteiger partial charge in [0.2, 0.25) is 0 Å². The van der Waals surface area contributed by atoms with Gasteiger partial charge in [-0.1, -0.05) is 108 Å². The maximum atomic E-state index is 12.6. The molecule has 392 valence electrons. The van der Waals surface area contributed by atoms with E-state index in [1.54, 1.807) is 79.9 Å². The summed E-state index contributed by atoms with van der Waals surface area (Å²) in [7, 11) is 1.67. The molecule has 0 amide bonds. The molecule has 0 fully saturated rings. The molecule has 0 N–H and O–H groups in total. The van der Waals surface area contributed by atoms with E-state index in [0.717, 1.165) is 56.2 Å². The Morgan fingerprint density at radius 1 is 0.397 bits per heavy atom. The van der Waals surface area contributed by atoms with Crippen molar-refractivity contribution in [2.75, 3.05) is 12.0 Å². The number of rotatable bonds is 14. The first-order valence-corrected chi connectivity index (χ1v) is 25.2. The number of esters is 3. The normalized spacial score (nSPS) is 10.6. The topological polar surface area (TPSA) is 118 Å². The summed E-state index contributed by atoms with van der Waals surface area (Å²) in [6, 6.07) is 69.7. The SMILES string of the molecule is CC(=O)Oc1ccc(Oc2ccc(OC(=O)c3ccccc3)c(C)c2)cc1C.CC(C)=O.COc1ccc(/C(=C/c2ccc(N(c3ccc(C)cc3)c3ccc(C)cc3)cc2)c2ccc(OC(=O)c3ccccc3)cc2)cc1. The molecule has 0 heterocycles. The number of hydrogen-bond donors (Lipinski definition) is 0. The second-order valence-corrected chi connectivity index (χ2v) is 18.4. The van der Waals surface area contributed by atoms with Gasteiger partial charge in [-0.2, -0.15) is 0 Å². The van der Waals surface area contributed by atoms with E-state index in [1.807, 2.05) is 74.5 Å². The minimum atomic E-state index is -0.408. The van der Waals surface area contributed by atoms with Crippen LogP contribution in [0.15, 0.2) is 218 Å². The largest absolute Gasteiger partial charge is 0.497 e. The third kappa shape index (κ3) is 16.1. The van der Waals surface area contributed by atoms with E-state index in [2.05, 4.69) is 110 Å². The first-order chi connectivity index (χ1) is 37.6. The van der Waals surface area contributed by atoms with Crippen LogP contribution in [0.5, 0.6) is 34.5 Å². The molecule has 0 atom stereocenters. The molecule has 78 heavy (non-hydrogen) atoms. The number of ketones is 1. The van der Waals surface area contributed by atoms with Crippen LogP contribution in [-0.2, 0) is 9.59 Å². The zero-order valence-electron chi connectivity index (χ0n) is 45.0. The van der Waals surface area contributed by atoms with Crippen LogP contribution in [0.2, 0.25) is 0 Å². The van der Waals surface area contributed by atoms with Crippen molar-refractivity contribution in [1.82, 2.24) is 0 Å². The van der Waals surface area contributed by atoms with Crippen LogP contribution in [0.25, 0.3) is 11.6 Å². The molecule has 0 aliphatic heterocycles. The van der Waals surface area contributed by atoms with Gasteiger partial charge in [0.25, 0.3) is 0 Å². The molecule has 0 unspecified atom stereocenters. The zero-order chi connectivity index (χ0) is 55.6. The average Bonchev–Trinajstić information content (AvgIpc) is 3.44. The molecular formula is C68H61NO9. The highest BCUT2D eigenvalue weighted by Gasteiger charge is 2.15. The molecule has 0 bridgehead atoms. The number of anilines is 3. The molecule has 0 radical (unpaired) electrons. The first kappa shape index (κ1) is 55.9. The summed E-state index contributed by atoms with van der Waals surface area (Å²) in [4.78, 5) is 47.6. The lowest BCUT2D eigenvalue weighted by molar-refractivity contribution is -0.132. The quantitative estimate of drug-likeness (QED) is 0.0592. The number of ether oxygens (including phenoxy) is 5. The molecular weight excluding hydrogens is 975 g/mol. The Hall–Kier alpha value is -9.80. The molecule has 10 heteroatoms. The monoisotopic (exact) mass is 1040 g/mol. The molecule has 0 saturated carbocycles. The van der Waals surface area contributed by atoms with Crippen LogP contribution in [0, 0.1) is 27.7 Å². The Labute approximate surface area is 456 Å². The van der Waals surface area contributed by atoms with Crippen LogP contribution < -0.4 is 28.6 Å². The van der Waals surface area contributed by atoms with Gasteiger partial charge in [-0.25, -0.2) is 9.59 Å². The highest BCUT2D eigenvalue weighted by Crippen LogP contribution is 2.37. The van der Waals surface area contributed by atoms with Gasteiger partial charge >= 0.3 is 17.9 Å². The Balaban J connectivity index is 0.000000235. The van der Waals surface area contributed by atoms with Crippen LogP contribution in [0.3, 0.4) is 0 Å². The second kappa shape index (κ2) is 27.1. The summed E-state index contributed by atoms with van der Waals surface area (Å²) in [5.41, 5.74) is 12.4. The maximum absolute atomic E-state index is 12.6. The molecule has 0 aromatic heterocycles. The number of Topliss-reactive ketones (excluding diaryl/α,β-unsaturated/α-hetero) is 1. The van der Waals surface area contributed by atoms with Gasteiger partial charge in [-0.3, -0.25) is 4.79 Å². The van der Waals surface area contributed by atoms with Crippen molar-refractivity contribution in [1.29, 1.82) is 0 Å². The number of benzene rings is 9. The van der Waals surface area contributed by atoms with Gasteiger partial charge in [0.15, 0.2) is 0 Å². The van der Waals surface area contributed by atoms with Crippen molar-refractivity contribution in [3.05, 3.63) is 268 Å². The van der Waals surface area contributed by atoms with Crippen molar-refractivity contribution in [2.24, 2.45) is 0 Å². The van der Waals surface area contributed by atoms with E-state index < -0.39 is 5.97 Å². The maximum Gasteiger partial charge on any atom is 0.343 e. The standard InChI is InChI=1S/C42H35NO3.C23H20O5.C3H6O/c1-30-9-19-36(20-10-30)43(37-21-11-31(2)12-22-37)38-23-13-32(14-24-38)29-41(33-15-25-39(45-3)26-16-33)34-17-27-40(28-18-34)46-42(44)35-7-5-4-6-8-35;1-15-13-19(9-11-21(15)26-17(3)24)27-20-10-12-22(16(2)14-20)28-23(25)18-7-5-4-6-8-18;1-3(2)4/h4-29H,1-3H3;4-14H,1-3H3;1-2H3/b41-29-;;. The lowest BCUT2D eigenvalue weighted by atomic mass is 9.95. The fraction of sp³-hybridized carbons (Fsp3) is 0.118. The average molecular weight is 1040 g/mol. The van der Waals surface area contributed by atoms with Gasteiger partial charge < -0.3 is 33.4 Å². The van der Waals surface area contributed by atoms with E-state index in [1.165, 1.54) is 31.9 Å². The van der Waals surface area contributed by atoms with Crippen molar-refractivity contribution < 1.29 is 42.9 Å². The summed E-state index contributed by atoms with van der Waals surface area (Å²) < 4.78 is 27.5. The Morgan fingerprint density at radius 3 is 1.19 bits per heavy atom. The molecule has 0 aliphatic carbocycles. The van der Waals surface area contributed by atoms with E-state index >= 15 is 0 Å². The van der Waals surface area contributed by atoms with Crippen LogP contribution in [0.1, 0.15) is 80.4 Å². The molecule has 9 aromatic rings. The third-order valence-corrected chi connectivity index (χ3v) is 11.8. The Morgan fingerprint density at radius 2 is 0.782 bits per heavy atom. The number of hydrogen-bond acceptors (Lipinski definition) is 10. The third-order valence-electron chi connectivity index (χ3n) is 11.8. The molecule has 9 rings (SSSR count). The lowest BCUT2D eigenvalue weighted by Gasteiger charge is -2.26. The Kier molecular flexibility index (Phi) is 19.5. The van der Waals surface area contributed by atoms with Crippen LogP contribution in [0.4, 0.5) is 17.1 Å². The highest BCUT2D eigenvalue weighted by molar-refractivity contribution is 5.93. The molecule has 0 saturated heterocycles. The summed E-state index contributed by atoms with van der Waals surface area (Å²) in [5.74, 6) is 2.48. The van der Waals surface area contributed by atoms with Gasteiger partial charge in [0.05, 0.1) is 18.2 Å². The summed E-state index contributed by atoms with van der Waals surface area (Å²) in [5, 5.41) is 0. The number of carbonyl (C=O) groups excluding carboxylic acids is 4. The summed E-state index contributed by atoms with van der Waals surface area (Å²) in [6.07, 6.45) is 2.18. The van der Waals surface area contributed by atoms with Crippen molar-refractivity contribution >= 4 is 52.4 Å². The predicted octanol–water partition coefficient (Wildman–Crippen LogP) is 16.4. The Bertz CT molecular complexity index is 3430. The van der Waals surface area contributed by atoms with Crippen molar-refractivity contribution in [3.8, 4) is 34.5 Å². The van der Waals surface area contributed by atoms with E-state index in [-0.39, 0.29) is 17.7 Å². The molecule has 0 spiro atoms. The van der Waals surface area contributed by atoms with Gasteiger partial charge in [-0.05, 0) is 202 Å². The lowest BCUT2D eigenvalue weighted by Crippen LogP contribution is -2.09. The number of methoxy groups -OCH3 is 1. The fourth-order valence-corrected chi connectivity index (χ4v) is 7.89. The van der Waals surface area contributed by atoms with E-state index in [4.69, 9.17) is 23.7 Å². The first-order valence-electron chi connectivity index (χ1n) is 25.2. The number of aryl methyl sites for hydroxylation is 4. The summed E-state index contributed by atoms with van der Waals surface area (Å²) in [6.45, 7) is 12.3. The van der Waals surface area contributed by atoms with Gasteiger partial charge in [0, 0.05) is 24.0 Å². The highest BCUT2D eigenvalue weighted by atomic mass is 16.5.